The SMILES string of the molecule is C[C@H]1COCCN1c1cc(CN2CCN(C)CC2)nc(-c2ccccc2)n1. The summed E-state index contributed by atoms with van der Waals surface area (Å²) in [4.78, 5) is 17.1. The molecule has 0 spiro atoms. The standard InChI is InChI=1S/C21H29N5O/c1-17-16-27-13-12-26(17)20-14-19(15-25-10-8-24(2)9-11-25)22-21(23-20)18-6-4-3-5-7-18/h3-7,14,17H,8-13,15-16H2,1-2H3/t17-/m0/s1. The second-order valence-corrected chi connectivity index (χ2v) is 7.60. The summed E-state index contributed by atoms with van der Waals surface area (Å²) in [6.07, 6.45) is 0. The van der Waals surface area contributed by atoms with Crippen LogP contribution in [-0.2, 0) is 11.3 Å². The number of rotatable bonds is 4. The van der Waals surface area contributed by atoms with Crippen molar-refractivity contribution in [2.24, 2.45) is 0 Å². The fourth-order valence-electron chi connectivity index (χ4n) is 3.73. The molecule has 0 radical (unpaired) electrons. The van der Waals surface area contributed by atoms with Gasteiger partial charge < -0.3 is 14.5 Å². The van der Waals surface area contributed by atoms with Gasteiger partial charge in [-0.25, -0.2) is 9.97 Å². The molecule has 0 bridgehead atoms. The lowest BCUT2D eigenvalue weighted by atomic mass is 10.2. The third-order valence-electron chi connectivity index (χ3n) is 5.44. The van der Waals surface area contributed by atoms with Crippen LogP contribution >= 0.6 is 0 Å². The second-order valence-electron chi connectivity index (χ2n) is 7.60. The maximum Gasteiger partial charge on any atom is 0.161 e. The van der Waals surface area contributed by atoms with Crippen molar-refractivity contribution in [3.63, 3.8) is 0 Å². The van der Waals surface area contributed by atoms with Crippen molar-refractivity contribution >= 4 is 5.82 Å². The highest BCUT2D eigenvalue weighted by Gasteiger charge is 2.22. The molecule has 0 unspecified atom stereocenters. The first-order valence-electron chi connectivity index (χ1n) is 9.88. The van der Waals surface area contributed by atoms with Crippen LogP contribution in [0.15, 0.2) is 36.4 Å². The van der Waals surface area contributed by atoms with Gasteiger partial charge in [-0.15, -0.1) is 0 Å². The second kappa shape index (κ2) is 8.33. The van der Waals surface area contributed by atoms with Gasteiger partial charge in [0.15, 0.2) is 5.82 Å². The zero-order valence-electron chi connectivity index (χ0n) is 16.3. The number of piperazine rings is 1. The van der Waals surface area contributed by atoms with Crippen LogP contribution in [0.4, 0.5) is 5.82 Å². The molecule has 4 rings (SSSR count). The summed E-state index contributed by atoms with van der Waals surface area (Å²) < 4.78 is 5.61. The number of ether oxygens (including phenoxy) is 1. The van der Waals surface area contributed by atoms with Gasteiger partial charge in [-0.3, -0.25) is 4.90 Å². The quantitative estimate of drug-likeness (QED) is 0.825. The largest absolute Gasteiger partial charge is 0.377 e. The average Bonchev–Trinajstić information content (AvgIpc) is 2.70. The molecule has 0 saturated carbocycles. The number of likely N-dealkylation sites (N-methyl/N-ethyl adjacent to an activating group) is 1. The van der Waals surface area contributed by atoms with Crippen molar-refractivity contribution in [1.82, 2.24) is 19.8 Å². The van der Waals surface area contributed by atoms with Gasteiger partial charge in [-0.05, 0) is 14.0 Å². The average molecular weight is 367 g/mol. The van der Waals surface area contributed by atoms with Gasteiger partial charge in [-0.2, -0.15) is 0 Å². The minimum atomic E-state index is 0.328. The highest BCUT2D eigenvalue weighted by molar-refractivity contribution is 5.58. The van der Waals surface area contributed by atoms with Crippen molar-refractivity contribution < 1.29 is 4.74 Å². The number of anilines is 1. The van der Waals surface area contributed by atoms with Gasteiger partial charge in [-0.1, -0.05) is 30.3 Å². The normalized spacial score (nSPS) is 22.1. The molecule has 6 nitrogen and oxygen atoms in total. The van der Waals surface area contributed by atoms with E-state index in [1.807, 2.05) is 18.2 Å². The van der Waals surface area contributed by atoms with Crippen LogP contribution in [0.3, 0.4) is 0 Å². The maximum absolute atomic E-state index is 5.61. The van der Waals surface area contributed by atoms with E-state index in [1.165, 1.54) is 0 Å². The van der Waals surface area contributed by atoms with Crippen LogP contribution in [0, 0.1) is 0 Å². The van der Waals surface area contributed by atoms with Crippen LogP contribution in [0.2, 0.25) is 0 Å². The molecular weight excluding hydrogens is 338 g/mol. The van der Waals surface area contributed by atoms with Crippen LogP contribution in [-0.4, -0.2) is 78.8 Å². The molecule has 0 N–H and O–H groups in total. The van der Waals surface area contributed by atoms with E-state index in [-0.39, 0.29) is 0 Å². The first kappa shape index (κ1) is 18.3. The van der Waals surface area contributed by atoms with Crippen molar-refractivity contribution in [2.45, 2.75) is 19.5 Å². The van der Waals surface area contributed by atoms with Gasteiger partial charge in [0, 0.05) is 50.9 Å². The number of hydrogen-bond acceptors (Lipinski definition) is 6. The third kappa shape index (κ3) is 4.46. The molecule has 0 aliphatic carbocycles. The summed E-state index contributed by atoms with van der Waals surface area (Å²) >= 11 is 0. The Labute approximate surface area is 161 Å². The summed E-state index contributed by atoms with van der Waals surface area (Å²) in [6, 6.07) is 12.8. The zero-order valence-corrected chi connectivity index (χ0v) is 16.3. The third-order valence-corrected chi connectivity index (χ3v) is 5.44. The molecule has 2 fully saturated rings. The lowest BCUT2D eigenvalue weighted by Crippen LogP contribution is -2.45. The van der Waals surface area contributed by atoms with E-state index in [4.69, 9.17) is 14.7 Å². The molecule has 1 aromatic carbocycles. The van der Waals surface area contributed by atoms with Gasteiger partial charge >= 0.3 is 0 Å². The maximum atomic E-state index is 5.61. The Morgan fingerprint density at radius 1 is 1.04 bits per heavy atom. The molecular formula is C21H29N5O. The van der Waals surface area contributed by atoms with Crippen LogP contribution in [0.25, 0.3) is 11.4 Å². The van der Waals surface area contributed by atoms with Gasteiger partial charge in [0.05, 0.1) is 24.9 Å². The summed E-state index contributed by atoms with van der Waals surface area (Å²) in [5, 5.41) is 0. The number of nitrogens with zero attached hydrogens (tertiary/aromatic N) is 5. The Kier molecular flexibility index (Phi) is 5.66. The molecule has 6 heteroatoms. The van der Waals surface area contributed by atoms with E-state index in [9.17, 15) is 0 Å². The highest BCUT2D eigenvalue weighted by atomic mass is 16.5. The van der Waals surface area contributed by atoms with Crippen molar-refractivity contribution in [3.8, 4) is 11.4 Å². The summed E-state index contributed by atoms with van der Waals surface area (Å²) in [5.74, 6) is 1.83. The first-order valence-corrected chi connectivity index (χ1v) is 9.88. The van der Waals surface area contributed by atoms with Crippen LogP contribution < -0.4 is 4.90 Å². The van der Waals surface area contributed by atoms with Crippen LogP contribution in [0.1, 0.15) is 12.6 Å². The molecule has 2 aromatic rings. The highest BCUT2D eigenvalue weighted by Crippen LogP contribution is 2.23. The number of aromatic nitrogens is 2. The Hall–Kier alpha value is -2.02. The lowest BCUT2D eigenvalue weighted by Gasteiger charge is -2.35. The van der Waals surface area contributed by atoms with E-state index in [1.54, 1.807) is 0 Å². The number of benzene rings is 1. The van der Waals surface area contributed by atoms with E-state index in [2.05, 4.69) is 46.9 Å². The first-order chi connectivity index (χ1) is 13.2. The summed E-state index contributed by atoms with van der Waals surface area (Å²) in [5.41, 5.74) is 2.17. The molecule has 27 heavy (non-hydrogen) atoms. The number of hydrogen-bond donors (Lipinski definition) is 0. The molecule has 1 aromatic heterocycles. The topological polar surface area (TPSA) is 44.7 Å². The minimum absolute atomic E-state index is 0.328. The predicted octanol–water partition coefficient (Wildman–Crippen LogP) is 2.12. The van der Waals surface area contributed by atoms with E-state index < -0.39 is 0 Å². The van der Waals surface area contributed by atoms with E-state index in [0.717, 1.165) is 75.4 Å². The molecule has 0 amide bonds. The molecule has 1 atom stereocenters. The Morgan fingerprint density at radius 3 is 2.56 bits per heavy atom. The van der Waals surface area contributed by atoms with Gasteiger partial charge in [0.2, 0.25) is 0 Å². The molecule has 3 heterocycles. The molecule has 2 aliphatic heterocycles. The smallest absolute Gasteiger partial charge is 0.161 e. The fourth-order valence-corrected chi connectivity index (χ4v) is 3.73. The molecule has 144 valence electrons. The predicted molar refractivity (Wildman–Crippen MR) is 108 cm³/mol. The van der Waals surface area contributed by atoms with Crippen LogP contribution in [0.5, 0.6) is 0 Å². The number of morpholine rings is 1. The van der Waals surface area contributed by atoms with E-state index >= 15 is 0 Å². The molecule has 2 saturated heterocycles. The van der Waals surface area contributed by atoms with Crippen molar-refractivity contribution in [1.29, 1.82) is 0 Å². The fraction of sp³-hybridized carbons (Fsp3) is 0.524. The summed E-state index contributed by atoms with van der Waals surface area (Å²) in [7, 11) is 2.19. The lowest BCUT2D eigenvalue weighted by molar-refractivity contribution is 0.0985. The Morgan fingerprint density at radius 2 is 1.81 bits per heavy atom. The summed E-state index contributed by atoms with van der Waals surface area (Å²) in [6.45, 7) is 9.86. The Balaban J connectivity index is 1.64. The van der Waals surface area contributed by atoms with E-state index in [0.29, 0.717) is 6.04 Å². The molecule has 2 aliphatic rings. The van der Waals surface area contributed by atoms with Gasteiger partial charge in [0.1, 0.15) is 5.82 Å². The minimum Gasteiger partial charge on any atom is -0.377 e. The van der Waals surface area contributed by atoms with Crippen molar-refractivity contribution in [3.05, 3.63) is 42.1 Å². The van der Waals surface area contributed by atoms with Gasteiger partial charge in [0.25, 0.3) is 0 Å². The zero-order chi connectivity index (χ0) is 18.6. The Bertz CT molecular complexity index is 745. The van der Waals surface area contributed by atoms with Crippen molar-refractivity contribution in [2.75, 3.05) is 57.9 Å². The monoisotopic (exact) mass is 367 g/mol.